The first kappa shape index (κ1) is 18.4. The van der Waals surface area contributed by atoms with E-state index in [1.165, 1.54) is 0 Å². The summed E-state index contributed by atoms with van der Waals surface area (Å²) in [6.45, 7) is 1.02. The molecule has 1 fully saturated rings. The third-order valence-corrected chi connectivity index (χ3v) is 4.81. The van der Waals surface area contributed by atoms with Gasteiger partial charge in [-0.25, -0.2) is 4.98 Å². The fourth-order valence-corrected chi connectivity index (χ4v) is 3.47. The van der Waals surface area contributed by atoms with Gasteiger partial charge in [0.1, 0.15) is 5.82 Å². The maximum atomic E-state index is 12.1. The maximum absolute atomic E-state index is 12.1. The molecule has 0 radical (unpaired) electrons. The molecule has 0 bridgehead atoms. The smallest absolute Gasteiger partial charge is 0.225 e. The number of aromatic nitrogens is 2. The van der Waals surface area contributed by atoms with E-state index in [1.807, 2.05) is 49.5 Å². The predicted molar refractivity (Wildman–Crippen MR) is 108 cm³/mol. The largest absolute Gasteiger partial charge is 0.327 e. The SMILES string of the molecule is Cl.Cn1c(-c2ccc(NC(=O)CC3CCCN3)cc2)nc2ccccc21. The lowest BCUT2D eigenvalue weighted by atomic mass is 10.1. The lowest BCUT2D eigenvalue weighted by molar-refractivity contribution is -0.116. The first-order valence-corrected chi connectivity index (χ1v) is 8.76. The quantitative estimate of drug-likeness (QED) is 0.735. The van der Waals surface area contributed by atoms with Gasteiger partial charge in [0.25, 0.3) is 0 Å². The summed E-state index contributed by atoms with van der Waals surface area (Å²) < 4.78 is 2.09. The van der Waals surface area contributed by atoms with Gasteiger partial charge in [-0.2, -0.15) is 0 Å². The molecular weight excluding hydrogens is 348 g/mol. The van der Waals surface area contributed by atoms with E-state index in [1.54, 1.807) is 0 Å². The molecule has 0 spiro atoms. The standard InChI is InChI=1S/C20H22N4O.ClH/c1-24-18-7-3-2-6-17(18)23-20(24)14-8-10-15(11-9-14)22-19(25)13-16-5-4-12-21-16;/h2-3,6-11,16,21H,4-5,12-13H2,1H3,(H,22,25);1H. The van der Waals surface area contributed by atoms with Gasteiger partial charge in [0.05, 0.1) is 11.0 Å². The van der Waals surface area contributed by atoms with Crippen LogP contribution in [0.25, 0.3) is 22.4 Å². The van der Waals surface area contributed by atoms with Crippen LogP contribution in [0.2, 0.25) is 0 Å². The Hall–Kier alpha value is -2.37. The Kier molecular flexibility index (Phi) is 5.59. The number of fused-ring (bicyclic) bond motifs is 1. The molecule has 1 aromatic heterocycles. The zero-order valence-electron chi connectivity index (χ0n) is 14.7. The highest BCUT2D eigenvalue weighted by Gasteiger charge is 2.17. The van der Waals surface area contributed by atoms with E-state index in [9.17, 15) is 4.79 Å². The molecule has 1 atom stereocenters. The normalized spacial score (nSPS) is 16.4. The number of anilines is 1. The Labute approximate surface area is 159 Å². The topological polar surface area (TPSA) is 59.0 Å². The molecule has 2 N–H and O–H groups in total. The van der Waals surface area contributed by atoms with Crippen molar-refractivity contribution >= 4 is 35.0 Å². The number of nitrogens with zero attached hydrogens (tertiary/aromatic N) is 2. The van der Waals surface area contributed by atoms with Gasteiger partial charge in [-0.05, 0) is 55.8 Å². The molecule has 3 aromatic rings. The molecule has 2 heterocycles. The van der Waals surface area contributed by atoms with Crippen LogP contribution in [0, 0.1) is 0 Å². The molecule has 2 aromatic carbocycles. The Morgan fingerprint density at radius 2 is 2.00 bits per heavy atom. The molecule has 1 unspecified atom stereocenters. The van der Waals surface area contributed by atoms with E-state index in [0.29, 0.717) is 12.5 Å². The molecule has 6 heteroatoms. The number of aryl methyl sites for hydroxylation is 1. The number of halogens is 1. The summed E-state index contributed by atoms with van der Waals surface area (Å²) in [5.74, 6) is 0.990. The second-order valence-electron chi connectivity index (χ2n) is 6.61. The summed E-state index contributed by atoms with van der Waals surface area (Å²) in [5, 5.41) is 6.33. The van der Waals surface area contributed by atoms with Crippen molar-refractivity contribution < 1.29 is 4.79 Å². The van der Waals surface area contributed by atoms with Gasteiger partial charge < -0.3 is 15.2 Å². The molecule has 0 saturated carbocycles. The Bertz CT molecular complexity index is 898. The van der Waals surface area contributed by atoms with Crippen LogP contribution in [0.1, 0.15) is 19.3 Å². The third-order valence-electron chi connectivity index (χ3n) is 4.81. The van der Waals surface area contributed by atoms with E-state index in [-0.39, 0.29) is 18.3 Å². The van der Waals surface area contributed by atoms with Crippen molar-refractivity contribution in [2.45, 2.75) is 25.3 Å². The van der Waals surface area contributed by atoms with E-state index in [2.05, 4.69) is 21.3 Å². The Morgan fingerprint density at radius 1 is 1.23 bits per heavy atom. The van der Waals surface area contributed by atoms with E-state index in [4.69, 9.17) is 4.98 Å². The van der Waals surface area contributed by atoms with Gasteiger partial charge in [-0.1, -0.05) is 12.1 Å². The van der Waals surface area contributed by atoms with E-state index >= 15 is 0 Å². The third kappa shape index (κ3) is 3.74. The highest BCUT2D eigenvalue weighted by molar-refractivity contribution is 5.91. The van der Waals surface area contributed by atoms with Crippen molar-refractivity contribution in [2.75, 3.05) is 11.9 Å². The summed E-state index contributed by atoms with van der Waals surface area (Å²) in [7, 11) is 2.02. The number of hydrogen-bond acceptors (Lipinski definition) is 3. The average molecular weight is 371 g/mol. The minimum Gasteiger partial charge on any atom is -0.327 e. The predicted octanol–water partition coefficient (Wildman–Crippen LogP) is 3.74. The van der Waals surface area contributed by atoms with Gasteiger partial charge in [-0.3, -0.25) is 4.79 Å². The molecule has 1 saturated heterocycles. The van der Waals surface area contributed by atoms with Gasteiger partial charge in [0.15, 0.2) is 0 Å². The Balaban J connectivity index is 0.00000196. The van der Waals surface area contributed by atoms with E-state index in [0.717, 1.165) is 47.5 Å². The summed E-state index contributed by atoms with van der Waals surface area (Å²) >= 11 is 0. The lowest BCUT2D eigenvalue weighted by Crippen LogP contribution is -2.27. The van der Waals surface area contributed by atoms with Crippen molar-refractivity contribution in [3.8, 4) is 11.4 Å². The van der Waals surface area contributed by atoms with Crippen LogP contribution in [-0.4, -0.2) is 28.0 Å². The van der Waals surface area contributed by atoms with Crippen LogP contribution in [0.3, 0.4) is 0 Å². The van der Waals surface area contributed by atoms with Crippen LogP contribution in [0.5, 0.6) is 0 Å². The fraction of sp³-hybridized carbons (Fsp3) is 0.300. The maximum Gasteiger partial charge on any atom is 0.225 e. The highest BCUT2D eigenvalue weighted by atomic mass is 35.5. The van der Waals surface area contributed by atoms with Gasteiger partial charge in [0.2, 0.25) is 5.91 Å². The van der Waals surface area contributed by atoms with E-state index < -0.39 is 0 Å². The summed E-state index contributed by atoms with van der Waals surface area (Å²) in [6, 6.07) is 16.3. The molecule has 136 valence electrons. The molecule has 1 aliphatic heterocycles. The van der Waals surface area contributed by atoms with Gasteiger partial charge in [0, 0.05) is 30.8 Å². The number of imidazole rings is 1. The number of carbonyl (C=O) groups is 1. The zero-order valence-corrected chi connectivity index (χ0v) is 15.6. The molecule has 4 rings (SSSR count). The van der Waals surface area contributed by atoms with Crippen LogP contribution >= 0.6 is 12.4 Å². The zero-order chi connectivity index (χ0) is 17.2. The first-order chi connectivity index (χ1) is 12.2. The summed E-state index contributed by atoms with van der Waals surface area (Å²) in [4.78, 5) is 16.8. The van der Waals surface area contributed by atoms with Crippen LogP contribution in [0.4, 0.5) is 5.69 Å². The van der Waals surface area contributed by atoms with Crippen LogP contribution < -0.4 is 10.6 Å². The summed E-state index contributed by atoms with van der Waals surface area (Å²) in [6.07, 6.45) is 2.77. The van der Waals surface area contributed by atoms with Crippen molar-refractivity contribution in [3.63, 3.8) is 0 Å². The first-order valence-electron chi connectivity index (χ1n) is 8.76. The number of para-hydroxylation sites is 2. The average Bonchev–Trinajstić information content (AvgIpc) is 3.24. The number of hydrogen-bond donors (Lipinski definition) is 2. The number of benzene rings is 2. The second kappa shape index (κ2) is 7.89. The van der Waals surface area contributed by atoms with Crippen molar-refractivity contribution in [1.82, 2.24) is 14.9 Å². The molecule has 1 aliphatic rings. The molecular formula is C20H23ClN4O. The molecule has 1 amide bonds. The fourth-order valence-electron chi connectivity index (χ4n) is 3.47. The molecule has 5 nitrogen and oxygen atoms in total. The van der Waals surface area contributed by atoms with Crippen molar-refractivity contribution in [1.29, 1.82) is 0 Å². The van der Waals surface area contributed by atoms with Crippen LogP contribution in [-0.2, 0) is 11.8 Å². The lowest BCUT2D eigenvalue weighted by Gasteiger charge is -2.11. The van der Waals surface area contributed by atoms with Gasteiger partial charge >= 0.3 is 0 Å². The van der Waals surface area contributed by atoms with Gasteiger partial charge in [-0.15, -0.1) is 12.4 Å². The van der Waals surface area contributed by atoms with Crippen LogP contribution in [0.15, 0.2) is 48.5 Å². The number of amides is 1. The Morgan fingerprint density at radius 3 is 2.69 bits per heavy atom. The second-order valence-corrected chi connectivity index (χ2v) is 6.61. The summed E-state index contributed by atoms with van der Waals surface area (Å²) in [5.41, 5.74) is 3.96. The molecule has 0 aliphatic carbocycles. The number of nitrogens with one attached hydrogen (secondary N) is 2. The number of carbonyl (C=O) groups excluding carboxylic acids is 1. The minimum absolute atomic E-state index is 0. The van der Waals surface area contributed by atoms with Crippen molar-refractivity contribution in [3.05, 3.63) is 48.5 Å². The molecule has 26 heavy (non-hydrogen) atoms. The minimum atomic E-state index is 0. The van der Waals surface area contributed by atoms with Crippen molar-refractivity contribution in [2.24, 2.45) is 7.05 Å². The monoisotopic (exact) mass is 370 g/mol. The highest BCUT2D eigenvalue weighted by Crippen LogP contribution is 2.24. The number of rotatable bonds is 4.